The van der Waals surface area contributed by atoms with Gasteiger partial charge < -0.3 is 10.1 Å². The zero-order chi connectivity index (χ0) is 10.7. The average Bonchev–Trinajstić information content (AvgIpc) is 2.29. The molecule has 0 radical (unpaired) electrons. The van der Waals surface area contributed by atoms with Crippen molar-refractivity contribution in [3.63, 3.8) is 0 Å². The lowest BCUT2D eigenvalue weighted by atomic mass is 9.99. The van der Waals surface area contributed by atoms with E-state index in [0.717, 1.165) is 18.5 Å². The summed E-state index contributed by atoms with van der Waals surface area (Å²) in [7, 11) is 0. The maximum absolute atomic E-state index is 13.1. The van der Waals surface area contributed by atoms with Crippen molar-refractivity contribution in [1.82, 2.24) is 5.32 Å². The topological polar surface area (TPSA) is 21.3 Å². The predicted molar refractivity (Wildman–Crippen MR) is 57.2 cm³/mol. The van der Waals surface area contributed by atoms with Gasteiger partial charge in [-0.05, 0) is 24.1 Å². The molecule has 1 fully saturated rings. The van der Waals surface area contributed by atoms with Gasteiger partial charge in [0.15, 0.2) is 0 Å². The van der Waals surface area contributed by atoms with Crippen LogP contribution in [0, 0.1) is 5.82 Å². The number of rotatable bonds is 2. The molecule has 1 N–H and O–H groups in total. The lowest BCUT2D eigenvalue weighted by Gasteiger charge is -2.32. The van der Waals surface area contributed by atoms with E-state index >= 15 is 0 Å². The van der Waals surface area contributed by atoms with E-state index in [0.29, 0.717) is 12.6 Å². The number of benzene rings is 1. The maximum atomic E-state index is 13.1. The highest BCUT2D eigenvalue weighted by Crippen LogP contribution is 2.25. The summed E-state index contributed by atoms with van der Waals surface area (Å²) < 4.78 is 18.8. The minimum absolute atomic E-state index is 0.0144. The van der Waals surface area contributed by atoms with E-state index in [1.807, 2.05) is 6.07 Å². The summed E-state index contributed by atoms with van der Waals surface area (Å²) in [5, 5.41) is 3.39. The second-order valence-electron chi connectivity index (χ2n) is 3.82. The first-order valence-corrected chi connectivity index (χ1v) is 5.41. The monoisotopic (exact) mass is 209 g/mol. The van der Waals surface area contributed by atoms with Crippen LogP contribution in [0.25, 0.3) is 0 Å². The summed E-state index contributed by atoms with van der Waals surface area (Å²) >= 11 is 0. The fraction of sp³-hybridized carbons (Fsp3) is 0.500. The number of morpholine rings is 1. The lowest BCUT2D eigenvalue weighted by molar-refractivity contribution is -0.00656. The van der Waals surface area contributed by atoms with Gasteiger partial charge in [0.25, 0.3) is 0 Å². The molecule has 2 rings (SSSR count). The van der Waals surface area contributed by atoms with Gasteiger partial charge in [0.1, 0.15) is 5.82 Å². The molecule has 15 heavy (non-hydrogen) atoms. The van der Waals surface area contributed by atoms with Crippen molar-refractivity contribution in [2.45, 2.75) is 25.5 Å². The molecule has 0 spiro atoms. The third-order valence-electron chi connectivity index (χ3n) is 2.79. The van der Waals surface area contributed by atoms with Crippen LogP contribution >= 0.6 is 0 Å². The standard InChI is InChI=1S/C12H16FNO/c1-2-11-12(15-7-6-14-11)9-4-3-5-10(13)8-9/h3-5,8,11-12,14H,2,6-7H2,1H3/t11-,12-/m0/s1. The minimum Gasteiger partial charge on any atom is -0.371 e. The molecule has 1 aliphatic heterocycles. The lowest BCUT2D eigenvalue weighted by Crippen LogP contribution is -2.43. The smallest absolute Gasteiger partial charge is 0.123 e. The van der Waals surface area contributed by atoms with Crippen LogP contribution in [0.4, 0.5) is 4.39 Å². The first-order valence-electron chi connectivity index (χ1n) is 5.41. The summed E-state index contributed by atoms with van der Waals surface area (Å²) in [4.78, 5) is 0. The molecule has 0 aliphatic carbocycles. The minimum atomic E-state index is -0.198. The second-order valence-corrected chi connectivity index (χ2v) is 3.82. The largest absolute Gasteiger partial charge is 0.371 e. The van der Waals surface area contributed by atoms with E-state index in [1.54, 1.807) is 12.1 Å². The molecular formula is C12H16FNO. The zero-order valence-corrected chi connectivity index (χ0v) is 8.87. The third-order valence-corrected chi connectivity index (χ3v) is 2.79. The van der Waals surface area contributed by atoms with Gasteiger partial charge >= 0.3 is 0 Å². The Kier molecular flexibility index (Phi) is 3.34. The third kappa shape index (κ3) is 2.36. The highest BCUT2D eigenvalue weighted by atomic mass is 19.1. The molecule has 3 heteroatoms. The Labute approximate surface area is 89.4 Å². The van der Waals surface area contributed by atoms with Crippen LogP contribution < -0.4 is 5.32 Å². The molecule has 0 aromatic heterocycles. The molecule has 0 bridgehead atoms. The summed E-state index contributed by atoms with van der Waals surface area (Å²) in [6, 6.07) is 6.96. The van der Waals surface area contributed by atoms with Gasteiger partial charge in [-0.1, -0.05) is 19.1 Å². The highest BCUT2D eigenvalue weighted by Gasteiger charge is 2.25. The summed E-state index contributed by atoms with van der Waals surface area (Å²) in [6.45, 7) is 3.68. The van der Waals surface area contributed by atoms with E-state index in [-0.39, 0.29) is 11.9 Å². The van der Waals surface area contributed by atoms with Crippen LogP contribution in [0.1, 0.15) is 25.0 Å². The van der Waals surface area contributed by atoms with E-state index in [1.165, 1.54) is 6.07 Å². The van der Waals surface area contributed by atoms with E-state index in [9.17, 15) is 4.39 Å². The van der Waals surface area contributed by atoms with Crippen LogP contribution in [-0.4, -0.2) is 19.2 Å². The molecule has 1 aliphatic rings. The summed E-state index contributed by atoms with van der Waals surface area (Å²) in [5.74, 6) is -0.198. The number of hydrogen-bond acceptors (Lipinski definition) is 2. The van der Waals surface area contributed by atoms with Crippen molar-refractivity contribution in [2.75, 3.05) is 13.2 Å². The van der Waals surface area contributed by atoms with Gasteiger partial charge in [-0.15, -0.1) is 0 Å². The van der Waals surface area contributed by atoms with Gasteiger partial charge in [-0.2, -0.15) is 0 Å². The van der Waals surface area contributed by atoms with Crippen molar-refractivity contribution in [3.8, 4) is 0 Å². The Morgan fingerprint density at radius 2 is 2.40 bits per heavy atom. The zero-order valence-electron chi connectivity index (χ0n) is 8.87. The predicted octanol–water partition coefficient (Wildman–Crippen LogP) is 2.27. The Balaban J connectivity index is 2.20. The molecule has 0 unspecified atom stereocenters. The maximum Gasteiger partial charge on any atom is 0.123 e. The van der Waals surface area contributed by atoms with Crippen LogP contribution in [0.5, 0.6) is 0 Å². The number of ether oxygens (including phenoxy) is 1. The van der Waals surface area contributed by atoms with Crippen molar-refractivity contribution in [3.05, 3.63) is 35.6 Å². The van der Waals surface area contributed by atoms with Crippen LogP contribution in [0.3, 0.4) is 0 Å². The Hall–Kier alpha value is -0.930. The molecule has 0 saturated carbocycles. The fourth-order valence-electron chi connectivity index (χ4n) is 2.02. The molecular weight excluding hydrogens is 193 g/mol. The van der Waals surface area contributed by atoms with Gasteiger partial charge in [-0.25, -0.2) is 4.39 Å². The molecule has 82 valence electrons. The molecule has 2 atom stereocenters. The first-order chi connectivity index (χ1) is 7.31. The number of nitrogens with one attached hydrogen (secondary N) is 1. The van der Waals surface area contributed by atoms with Crippen LogP contribution in [0.2, 0.25) is 0 Å². The van der Waals surface area contributed by atoms with Crippen molar-refractivity contribution in [1.29, 1.82) is 0 Å². The normalized spacial score (nSPS) is 26.5. The molecule has 1 saturated heterocycles. The quantitative estimate of drug-likeness (QED) is 0.806. The fourth-order valence-corrected chi connectivity index (χ4v) is 2.02. The van der Waals surface area contributed by atoms with Crippen LogP contribution in [-0.2, 0) is 4.74 Å². The molecule has 1 heterocycles. The Morgan fingerprint density at radius 3 is 3.13 bits per heavy atom. The summed E-state index contributed by atoms with van der Waals surface area (Å²) in [6.07, 6.45) is 0.973. The average molecular weight is 209 g/mol. The molecule has 0 amide bonds. The van der Waals surface area contributed by atoms with Gasteiger partial charge in [0.05, 0.1) is 12.7 Å². The van der Waals surface area contributed by atoms with Crippen molar-refractivity contribution < 1.29 is 9.13 Å². The van der Waals surface area contributed by atoms with Gasteiger partial charge in [-0.3, -0.25) is 0 Å². The molecule has 1 aromatic carbocycles. The van der Waals surface area contributed by atoms with Gasteiger partial charge in [0, 0.05) is 12.6 Å². The SMILES string of the molecule is CC[C@@H]1NCCO[C@H]1c1cccc(F)c1. The van der Waals surface area contributed by atoms with E-state index < -0.39 is 0 Å². The highest BCUT2D eigenvalue weighted by molar-refractivity contribution is 5.20. The van der Waals surface area contributed by atoms with Crippen molar-refractivity contribution in [2.24, 2.45) is 0 Å². The first kappa shape index (κ1) is 10.6. The second kappa shape index (κ2) is 4.73. The molecule has 1 aromatic rings. The Bertz CT molecular complexity index is 329. The van der Waals surface area contributed by atoms with Gasteiger partial charge in [0.2, 0.25) is 0 Å². The van der Waals surface area contributed by atoms with E-state index in [4.69, 9.17) is 4.74 Å². The molecule has 2 nitrogen and oxygen atoms in total. The number of hydrogen-bond donors (Lipinski definition) is 1. The summed E-state index contributed by atoms with van der Waals surface area (Å²) in [5.41, 5.74) is 0.925. The van der Waals surface area contributed by atoms with E-state index in [2.05, 4.69) is 12.2 Å². The van der Waals surface area contributed by atoms with Crippen LogP contribution in [0.15, 0.2) is 24.3 Å². The number of halogens is 1. The Morgan fingerprint density at radius 1 is 1.53 bits per heavy atom. The van der Waals surface area contributed by atoms with Crippen molar-refractivity contribution >= 4 is 0 Å².